The van der Waals surface area contributed by atoms with E-state index in [1.54, 1.807) is 6.92 Å². The fourth-order valence-electron chi connectivity index (χ4n) is 2.81. The van der Waals surface area contributed by atoms with E-state index >= 15 is 0 Å². The first-order valence-electron chi connectivity index (χ1n) is 7.83. The molecule has 114 valence electrons. The van der Waals surface area contributed by atoms with Gasteiger partial charge in [-0.1, -0.05) is 0 Å². The quantitative estimate of drug-likeness (QED) is 0.923. The number of Topliss-reactive ketones (excluding diaryl/α,β-unsaturated/α-hetero) is 1. The Morgan fingerprint density at radius 1 is 1.38 bits per heavy atom. The molecule has 4 nitrogen and oxygen atoms in total. The predicted octanol–water partition coefficient (Wildman–Crippen LogP) is 3.33. The Labute approximate surface area is 125 Å². The lowest BCUT2D eigenvalue weighted by Crippen LogP contribution is -2.27. The molecule has 0 saturated heterocycles. The fraction of sp³-hybridized carbons (Fsp3) is 0.588. The van der Waals surface area contributed by atoms with Crippen molar-refractivity contribution < 1.29 is 14.3 Å². The zero-order valence-electron chi connectivity index (χ0n) is 12.8. The number of hydrogen-bond acceptors (Lipinski definition) is 4. The number of carbonyl (C=O) groups is 1. The summed E-state index contributed by atoms with van der Waals surface area (Å²) in [6.45, 7) is 5.36. The summed E-state index contributed by atoms with van der Waals surface area (Å²) in [5.41, 5.74) is 2.15. The van der Waals surface area contributed by atoms with E-state index in [9.17, 15) is 4.79 Å². The molecule has 1 heterocycles. The van der Waals surface area contributed by atoms with Crippen LogP contribution in [0.1, 0.15) is 38.2 Å². The maximum atomic E-state index is 11.7. The van der Waals surface area contributed by atoms with E-state index in [0.29, 0.717) is 5.92 Å². The van der Waals surface area contributed by atoms with Crippen LogP contribution in [0.25, 0.3) is 0 Å². The number of benzene rings is 1. The van der Waals surface area contributed by atoms with Crippen LogP contribution in [0.3, 0.4) is 0 Å². The summed E-state index contributed by atoms with van der Waals surface area (Å²) in [4.78, 5) is 11.7. The van der Waals surface area contributed by atoms with Crippen molar-refractivity contribution in [2.75, 3.05) is 18.5 Å². The molecule has 1 aliphatic heterocycles. The van der Waals surface area contributed by atoms with Crippen molar-refractivity contribution in [3.8, 4) is 11.5 Å². The topological polar surface area (TPSA) is 47.6 Å². The highest BCUT2D eigenvalue weighted by atomic mass is 16.5. The lowest BCUT2D eigenvalue weighted by molar-refractivity contribution is -0.124. The van der Waals surface area contributed by atoms with Crippen LogP contribution in [0.2, 0.25) is 0 Å². The third-order valence-corrected chi connectivity index (χ3v) is 4.12. The number of carbonyl (C=O) groups excluding carboxylic acids is 1. The van der Waals surface area contributed by atoms with Gasteiger partial charge in [0, 0.05) is 18.5 Å². The van der Waals surface area contributed by atoms with Crippen molar-refractivity contribution in [1.29, 1.82) is 0 Å². The number of ether oxygens (including phenoxy) is 2. The van der Waals surface area contributed by atoms with Crippen LogP contribution in [-0.4, -0.2) is 25.0 Å². The molecule has 1 aromatic rings. The van der Waals surface area contributed by atoms with Gasteiger partial charge in [0.25, 0.3) is 0 Å². The molecule has 0 aromatic heterocycles. The molecule has 0 spiro atoms. The van der Waals surface area contributed by atoms with Gasteiger partial charge in [-0.15, -0.1) is 0 Å². The molecule has 3 rings (SSSR count). The molecule has 0 radical (unpaired) electrons. The van der Waals surface area contributed by atoms with Crippen molar-refractivity contribution >= 4 is 11.5 Å². The summed E-state index contributed by atoms with van der Waals surface area (Å²) in [5, 5.41) is 3.42. The number of rotatable bonds is 4. The van der Waals surface area contributed by atoms with Crippen molar-refractivity contribution in [3.63, 3.8) is 0 Å². The lowest BCUT2D eigenvalue weighted by atomic mass is 10.1. The third kappa shape index (κ3) is 3.31. The predicted molar refractivity (Wildman–Crippen MR) is 82.2 cm³/mol. The first kappa shape index (κ1) is 14.2. The first-order chi connectivity index (χ1) is 10.1. The Morgan fingerprint density at radius 3 is 2.90 bits per heavy atom. The van der Waals surface area contributed by atoms with Gasteiger partial charge >= 0.3 is 0 Å². The van der Waals surface area contributed by atoms with Gasteiger partial charge < -0.3 is 14.8 Å². The van der Waals surface area contributed by atoms with Gasteiger partial charge in [-0.25, -0.2) is 0 Å². The summed E-state index contributed by atoms with van der Waals surface area (Å²) in [6.07, 6.45) is 4.04. The fourth-order valence-corrected chi connectivity index (χ4v) is 2.81. The molecule has 1 saturated carbocycles. The average molecular weight is 289 g/mol. The van der Waals surface area contributed by atoms with Crippen molar-refractivity contribution in [1.82, 2.24) is 0 Å². The molecular weight excluding hydrogens is 266 g/mol. The summed E-state index contributed by atoms with van der Waals surface area (Å²) >= 11 is 0. The maximum Gasteiger partial charge on any atom is 0.170 e. The highest BCUT2D eigenvalue weighted by Gasteiger charge is 2.36. The van der Waals surface area contributed by atoms with Crippen LogP contribution >= 0.6 is 0 Å². The molecule has 21 heavy (non-hydrogen) atoms. The van der Waals surface area contributed by atoms with Gasteiger partial charge in [0.2, 0.25) is 0 Å². The minimum Gasteiger partial charge on any atom is -0.491 e. The van der Waals surface area contributed by atoms with E-state index in [-0.39, 0.29) is 11.9 Å². The van der Waals surface area contributed by atoms with Gasteiger partial charge in [0.05, 0.1) is 12.3 Å². The van der Waals surface area contributed by atoms with Crippen LogP contribution < -0.4 is 14.8 Å². The van der Waals surface area contributed by atoms with Gasteiger partial charge in [-0.3, -0.25) is 4.79 Å². The van der Waals surface area contributed by atoms with Crippen molar-refractivity contribution in [2.45, 2.75) is 45.6 Å². The zero-order chi connectivity index (χ0) is 14.8. The van der Waals surface area contributed by atoms with E-state index in [4.69, 9.17) is 9.47 Å². The summed E-state index contributed by atoms with van der Waals surface area (Å²) < 4.78 is 11.8. The Morgan fingerprint density at radius 2 is 2.19 bits per heavy atom. The molecule has 1 aliphatic carbocycles. The summed E-state index contributed by atoms with van der Waals surface area (Å²) in [6, 6.07) is 3.91. The molecule has 4 heteroatoms. The minimum absolute atomic E-state index is 0.112. The Balaban J connectivity index is 1.84. The van der Waals surface area contributed by atoms with Crippen LogP contribution in [0.5, 0.6) is 11.5 Å². The van der Waals surface area contributed by atoms with Crippen LogP contribution in [-0.2, 0) is 4.79 Å². The summed E-state index contributed by atoms with van der Waals surface area (Å²) in [5.74, 6) is 2.08. The van der Waals surface area contributed by atoms with E-state index in [1.165, 1.54) is 0 Å². The first-order valence-corrected chi connectivity index (χ1v) is 7.83. The van der Waals surface area contributed by atoms with Crippen molar-refractivity contribution in [2.24, 2.45) is 5.92 Å². The van der Waals surface area contributed by atoms with Crippen molar-refractivity contribution in [3.05, 3.63) is 17.7 Å². The lowest BCUT2D eigenvalue weighted by Gasteiger charge is -2.22. The van der Waals surface area contributed by atoms with E-state index in [2.05, 4.69) is 5.32 Å². The van der Waals surface area contributed by atoms with Gasteiger partial charge in [-0.2, -0.15) is 0 Å². The summed E-state index contributed by atoms with van der Waals surface area (Å²) in [7, 11) is 0. The second-order valence-corrected chi connectivity index (χ2v) is 6.08. The largest absolute Gasteiger partial charge is 0.491 e. The second kappa shape index (κ2) is 5.96. The van der Waals surface area contributed by atoms with Crippen LogP contribution in [0.15, 0.2) is 12.1 Å². The van der Waals surface area contributed by atoms with Gasteiger partial charge in [0.1, 0.15) is 11.5 Å². The molecule has 1 fully saturated rings. The zero-order valence-corrected chi connectivity index (χ0v) is 12.8. The highest BCUT2D eigenvalue weighted by molar-refractivity contribution is 5.81. The van der Waals surface area contributed by atoms with Gasteiger partial charge in [-0.05, 0) is 51.2 Å². The molecule has 1 atom stereocenters. The minimum atomic E-state index is -0.302. The molecular formula is C17H23NO3. The molecule has 1 N–H and O–H groups in total. The smallest absolute Gasteiger partial charge is 0.170 e. The number of nitrogens with one attached hydrogen (secondary N) is 1. The van der Waals surface area contributed by atoms with Gasteiger partial charge in [0.15, 0.2) is 11.9 Å². The highest BCUT2D eigenvalue weighted by Crippen LogP contribution is 2.38. The molecule has 2 aliphatic rings. The normalized spacial score (nSPS) is 19.3. The standard InChI is InChI=1S/C17H23NO3/c1-11-9-14(21-17(12(2)19)13-5-6-13)10-15-16(11)18-7-3-4-8-20-15/h9-10,13,17-18H,3-8H2,1-2H3/t17-/m0/s1. The Kier molecular flexibility index (Phi) is 4.04. The Bertz CT molecular complexity index is 537. The molecule has 1 aromatic carbocycles. The SMILES string of the molecule is CC(=O)[C@H](Oc1cc(C)c2c(c1)OCCCCN2)C1CC1. The number of hydrogen-bond donors (Lipinski definition) is 1. The van der Waals surface area contributed by atoms with Crippen LogP contribution in [0, 0.1) is 12.8 Å². The third-order valence-electron chi connectivity index (χ3n) is 4.12. The number of aryl methyl sites for hydroxylation is 1. The molecule has 0 amide bonds. The van der Waals surface area contributed by atoms with E-state index in [0.717, 1.165) is 61.6 Å². The van der Waals surface area contributed by atoms with Crippen LogP contribution in [0.4, 0.5) is 5.69 Å². The van der Waals surface area contributed by atoms with E-state index < -0.39 is 0 Å². The number of ketones is 1. The average Bonchev–Trinajstić information content (AvgIpc) is 3.21. The number of anilines is 1. The monoisotopic (exact) mass is 289 g/mol. The second-order valence-electron chi connectivity index (χ2n) is 6.08. The van der Waals surface area contributed by atoms with E-state index in [1.807, 2.05) is 19.1 Å². The molecule has 0 unspecified atom stereocenters. The Hall–Kier alpha value is -1.71. The maximum absolute atomic E-state index is 11.7. The number of fused-ring (bicyclic) bond motifs is 1. The molecule has 0 bridgehead atoms.